The Morgan fingerprint density at radius 1 is 1.19 bits per heavy atom. The lowest BCUT2D eigenvalue weighted by molar-refractivity contribution is -0.126. The van der Waals surface area contributed by atoms with Crippen LogP contribution in [0.4, 0.5) is 15.9 Å². The highest BCUT2D eigenvalue weighted by molar-refractivity contribution is 6.00. The van der Waals surface area contributed by atoms with Gasteiger partial charge in [-0.05, 0) is 31.2 Å². The zero-order chi connectivity index (χ0) is 21.8. The lowest BCUT2D eigenvalue weighted by atomic mass is 10.1. The number of hydrogen-bond donors (Lipinski definition) is 2. The van der Waals surface area contributed by atoms with E-state index in [0.29, 0.717) is 30.4 Å². The largest absolute Gasteiger partial charge is 0.368 e. The van der Waals surface area contributed by atoms with Crippen molar-refractivity contribution in [3.63, 3.8) is 0 Å². The molecule has 2 aromatic heterocycles. The molecule has 0 saturated carbocycles. The number of imidazole rings is 1. The second-order valence-electron chi connectivity index (χ2n) is 7.21. The van der Waals surface area contributed by atoms with E-state index in [4.69, 9.17) is 0 Å². The normalized spacial score (nSPS) is 15.9. The molecule has 3 heterocycles. The van der Waals surface area contributed by atoms with E-state index < -0.39 is 5.92 Å². The highest BCUT2D eigenvalue weighted by Crippen LogP contribution is 2.25. The maximum atomic E-state index is 13.1. The summed E-state index contributed by atoms with van der Waals surface area (Å²) in [5, 5.41) is 6.00. The van der Waals surface area contributed by atoms with Gasteiger partial charge in [0.25, 0.3) is 0 Å². The van der Waals surface area contributed by atoms with E-state index in [-0.39, 0.29) is 30.6 Å². The van der Waals surface area contributed by atoms with Gasteiger partial charge in [0.1, 0.15) is 29.6 Å². The molecule has 0 aliphatic carbocycles. The zero-order valence-electron chi connectivity index (χ0n) is 17.0. The maximum Gasteiger partial charge on any atom is 0.227 e. The predicted molar refractivity (Wildman–Crippen MR) is 112 cm³/mol. The SMILES string of the molecule is Cc1nccn1-c1cc(NCCNC(=O)[C@H]2CC(=O)N(c3ccc(F)cc3)C2)ncn1. The van der Waals surface area contributed by atoms with Gasteiger partial charge in [0, 0.05) is 50.2 Å². The number of carbonyl (C=O) groups is 2. The van der Waals surface area contributed by atoms with Crippen LogP contribution in [0.1, 0.15) is 12.2 Å². The number of anilines is 2. The molecule has 1 atom stereocenters. The van der Waals surface area contributed by atoms with Gasteiger partial charge in [-0.2, -0.15) is 0 Å². The molecule has 4 rings (SSSR count). The second-order valence-corrected chi connectivity index (χ2v) is 7.21. The van der Waals surface area contributed by atoms with E-state index >= 15 is 0 Å². The topological polar surface area (TPSA) is 105 Å². The number of aromatic nitrogens is 4. The molecule has 9 nitrogen and oxygen atoms in total. The first-order valence-corrected chi connectivity index (χ1v) is 9.91. The van der Waals surface area contributed by atoms with Gasteiger partial charge < -0.3 is 15.5 Å². The Morgan fingerprint density at radius 2 is 2.00 bits per heavy atom. The summed E-state index contributed by atoms with van der Waals surface area (Å²) >= 11 is 0. The molecule has 2 amide bonds. The van der Waals surface area contributed by atoms with Gasteiger partial charge in [-0.1, -0.05) is 0 Å². The van der Waals surface area contributed by atoms with Crippen LogP contribution in [-0.4, -0.2) is 51.0 Å². The number of rotatable bonds is 7. The van der Waals surface area contributed by atoms with E-state index in [2.05, 4.69) is 25.6 Å². The molecule has 1 fully saturated rings. The summed E-state index contributed by atoms with van der Waals surface area (Å²) < 4.78 is 14.9. The molecule has 1 aliphatic rings. The Balaban J connectivity index is 1.26. The van der Waals surface area contributed by atoms with Crippen molar-refractivity contribution in [1.82, 2.24) is 24.8 Å². The van der Waals surface area contributed by atoms with Crippen LogP contribution in [0.2, 0.25) is 0 Å². The lowest BCUT2D eigenvalue weighted by Gasteiger charge is -2.16. The van der Waals surface area contributed by atoms with Gasteiger partial charge in [-0.15, -0.1) is 0 Å². The fourth-order valence-corrected chi connectivity index (χ4v) is 3.47. The average molecular weight is 423 g/mol. The number of nitrogens with zero attached hydrogens (tertiary/aromatic N) is 5. The third kappa shape index (κ3) is 4.68. The monoisotopic (exact) mass is 423 g/mol. The molecule has 1 aromatic carbocycles. The van der Waals surface area contributed by atoms with Crippen LogP contribution < -0.4 is 15.5 Å². The first-order valence-electron chi connectivity index (χ1n) is 9.91. The number of nitrogens with one attached hydrogen (secondary N) is 2. The van der Waals surface area contributed by atoms with Crippen molar-refractivity contribution < 1.29 is 14.0 Å². The van der Waals surface area contributed by atoms with Crippen molar-refractivity contribution in [2.24, 2.45) is 5.92 Å². The minimum Gasteiger partial charge on any atom is -0.368 e. The van der Waals surface area contributed by atoms with Crippen LogP contribution >= 0.6 is 0 Å². The molecular weight excluding hydrogens is 401 g/mol. The summed E-state index contributed by atoms with van der Waals surface area (Å²) in [5.41, 5.74) is 0.594. The van der Waals surface area contributed by atoms with Crippen molar-refractivity contribution in [3.8, 4) is 5.82 Å². The van der Waals surface area contributed by atoms with E-state index in [1.807, 2.05) is 17.7 Å². The molecule has 0 bridgehead atoms. The first kappa shape index (κ1) is 20.5. The number of carbonyl (C=O) groups excluding carboxylic acids is 2. The summed E-state index contributed by atoms with van der Waals surface area (Å²) in [6.07, 6.45) is 5.12. The van der Waals surface area contributed by atoms with Crippen molar-refractivity contribution in [2.75, 3.05) is 29.9 Å². The average Bonchev–Trinajstić information content (AvgIpc) is 3.37. The van der Waals surface area contributed by atoms with Crippen molar-refractivity contribution in [3.05, 3.63) is 60.7 Å². The molecule has 1 saturated heterocycles. The quantitative estimate of drug-likeness (QED) is 0.561. The predicted octanol–water partition coefficient (Wildman–Crippen LogP) is 1.69. The minimum absolute atomic E-state index is 0.135. The smallest absolute Gasteiger partial charge is 0.227 e. The number of aryl methyl sites for hydroxylation is 1. The Kier molecular flexibility index (Phi) is 5.87. The van der Waals surface area contributed by atoms with E-state index in [0.717, 1.165) is 5.82 Å². The summed E-state index contributed by atoms with van der Waals surface area (Å²) in [4.78, 5) is 38.9. The summed E-state index contributed by atoms with van der Waals surface area (Å²) in [5.74, 6) is 1.01. The second kappa shape index (κ2) is 8.90. The van der Waals surface area contributed by atoms with Gasteiger partial charge in [0.15, 0.2) is 0 Å². The molecule has 0 radical (unpaired) electrons. The van der Waals surface area contributed by atoms with Gasteiger partial charge in [0.2, 0.25) is 11.8 Å². The molecule has 0 unspecified atom stereocenters. The maximum absolute atomic E-state index is 13.1. The summed E-state index contributed by atoms with van der Waals surface area (Å²) in [6.45, 7) is 3.01. The highest BCUT2D eigenvalue weighted by Gasteiger charge is 2.34. The lowest BCUT2D eigenvalue weighted by Crippen LogP contribution is -2.35. The highest BCUT2D eigenvalue weighted by atomic mass is 19.1. The first-order chi connectivity index (χ1) is 15.0. The van der Waals surface area contributed by atoms with Crippen LogP contribution in [-0.2, 0) is 9.59 Å². The number of halogens is 1. The summed E-state index contributed by atoms with van der Waals surface area (Å²) in [7, 11) is 0. The molecular formula is C21H22FN7O2. The van der Waals surface area contributed by atoms with Gasteiger partial charge in [0.05, 0.1) is 5.92 Å². The fourth-order valence-electron chi connectivity index (χ4n) is 3.47. The Morgan fingerprint density at radius 3 is 2.74 bits per heavy atom. The van der Waals surface area contributed by atoms with Crippen LogP contribution in [0, 0.1) is 18.7 Å². The third-order valence-electron chi connectivity index (χ3n) is 5.09. The molecule has 0 spiro atoms. The molecule has 31 heavy (non-hydrogen) atoms. The molecule has 10 heteroatoms. The molecule has 160 valence electrons. The summed E-state index contributed by atoms with van der Waals surface area (Å²) in [6, 6.07) is 7.48. The van der Waals surface area contributed by atoms with Crippen molar-refractivity contribution in [1.29, 1.82) is 0 Å². The van der Waals surface area contributed by atoms with Crippen LogP contribution in [0.5, 0.6) is 0 Å². The Labute approximate surface area is 178 Å². The van der Waals surface area contributed by atoms with E-state index in [1.54, 1.807) is 24.4 Å². The minimum atomic E-state index is -0.438. The molecule has 1 aliphatic heterocycles. The van der Waals surface area contributed by atoms with Crippen LogP contribution in [0.15, 0.2) is 49.1 Å². The standard InChI is InChI=1S/C21H22FN7O2/c1-14-23-8-9-28(14)19-11-18(26-13-27-19)24-6-7-25-21(31)15-10-20(30)29(12-15)17-4-2-16(22)3-5-17/h2-5,8-9,11,13,15H,6-7,10,12H2,1H3,(H,25,31)(H,24,26,27)/t15-/m0/s1. The van der Waals surface area contributed by atoms with E-state index in [1.165, 1.54) is 23.4 Å². The van der Waals surface area contributed by atoms with Gasteiger partial charge >= 0.3 is 0 Å². The van der Waals surface area contributed by atoms with Gasteiger partial charge in [-0.3, -0.25) is 14.2 Å². The number of amides is 2. The van der Waals surface area contributed by atoms with Crippen LogP contribution in [0.25, 0.3) is 5.82 Å². The van der Waals surface area contributed by atoms with Crippen LogP contribution in [0.3, 0.4) is 0 Å². The van der Waals surface area contributed by atoms with Crippen molar-refractivity contribution in [2.45, 2.75) is 13.3 Å². The molecule has 2 N–H and O–H groups in total. The third-order valence-corrected chi connectivity index (χ3v) is 5.09. The van der Waals surface area contributed by atoms with Crippen molar-refractivity contribution >= 4 is 23.3 Å². The Bertz CT molecular complexity index is 1080. The fraction of sp³-hybridized carbons (Fsp3) is 0.286. The number of hydrogen-bond acceptors (Lipinski definition) is 6. The van der Waals surface area contributed by atoms with E-state index in [9.17, 15) is 14.0 Å². The van der Waals surface area contributed by atoms with Gasteiger partial charge in [-0.25, -0.2) is 19.3 Å². The Hall–Kier alpha value is -3.82. The molecule has 3 aromatic rings. The zero-order valence-corrected chi connectivity index (χ0v) is 17.0. The number of benzene rings is 1.